The fraction of sp³-hybridized carbons (Fsp3) is 0.800. The van der Waals surface area contributed by atoms with Crippen LogP contribution in [-0.4, -0.2) is 49.1 Å². The first-order chi connectivity index (χ1) is 16.9. The number of carbonyl (C=O) groups excluding carboxylic acids is 2. The van der Waals surface area contributed by atoms with Crippen molar-refractivity contribution in [1.29, 1.82) is 0 Å². The Morgan fingerprint density at radius 3 is 2.49 bits per heavy atom. The lowest BCUT2D eigenvalue weighted by molar-refractivity contribution is -0.150. The van der Waals surface area contributed by atoms with Crippen LogP contribution >= 0.6 is 0 Å². The first-order valence-electron chi connectivity index (χ1n) is 14.2. The molecule has 1 N–H and O–H groups in total. The molecule has 0 radical (unpaired) electrons. The number of allylic oxidation sites excluding steroid dienone is 1. The summed E-state index contributed by atoms with van der Waals surface area (Å²) in [5.41, 5.74) is 0.465. The lowest BCUT2D eigenvalue weighted by Crippen LogP contribution is -2.58. The molecular formula is C30H47NO5Si. The maximum absolute atomic E-state index is 13.4. The van der Waals surface area contributed by atoms with Gasteiger partial charge in [0.05, 0.1) is 17.3 Å². The molecule has 2 aliphatic heterocycles. The summed E-state index contributed by atoms with van der Waals surface area (Å²) in [6.45, 7) is 19.6. The molecule has 1 saturated heterocycles. The highest BCUT2D eigenvalue weighted by Gasteiger charge is 2.68. The standard InChI is InChI=1S/C30H47NO5Si/c1-26(2,3)34-25(33)31-20-17-22(32)21-16-19-12-13-28(7)23(30(19)15-14-29(21,18-20)36-30)10-11-24(28)35-37(8,9)27(4,5)6/h12,16,20,23-24H,10-11,13-15,17-18H2,1-9H3,(H,31,33)/t20-,23-,24+,28+,29-,30-/m1/s1. The van der Waals surface area contributed by atoms with Gasteiger partial charge in [0.25, 0.3) is 0 Å². The van der Waals surface area contributed by atoms with Crippen LogP contribution in [0.1, 0.15) is 93.4 Å². The summed E-state index contributed by atoms with van der Waals surface area (Å²) in [5.74, 6) is 0.448. The summed E-state index contributed by atoms with van der Waals surface area (Å²) in [5, 5.41) is 3.14. The molecule has 0 aromatic rings. The molecule has 6 atom stereocenters. The highest BCUT2D eigenvalue weighted by molar-refractivity contribution is 6.74. The number of hydrogen-bond acceptors (Lipinski definition) is 5. The number of alkyl carbamates (subject to hydrolysis) is 1. The number of Topliss-reactive ketones (excluding diaryl/α,β-unsaturated/α-hetero) is 1. The molecule has 5 aliphatic rings. The zero-order valence-corrected chi connectivity index (χ0v) is 25.4. The molecule has 37 heavy (non-hydrogen) atoms. The molecule has 0 aromatic heterocycles. The summed E-state index contributed by atoms with van der Waals surface area (Å²) in [6.07, 6.45) is 10.0. The predicted molar refractivity (Wildman–Crippen MR) is 147 cm³/mol. The van der Waals surface area contributed by atoms with Gasteiger partial charge in [-0.25, -0.2) is 4.79 Å². The highest BCUT2D eigenvalue weighted by Crippen LogP contribution is 2.66. The quantitative estimate of drug-likeness (QED) is 0.417. The van der Waals surface area contributed by atoms with Crippen molar-refractivity contribution in [3.05, 3.63) is 23.3 Å². The van der Waals surface area contributed by atoms with E-state index in [9.17, 15) is 9.59 Å². The third kappa shape index (κ3) is 4.28. The molecule has 3 aliphatic carbocycles. The van der Waals surface area contributed by atoms with Gasteiger partial charge in [0.1, 0.15) is 5.60 Å². The molecule has 2 heterocycles. The summed E-state index contributed by atoms with van der Waals surface area (Å²) in [7, 11) is -1.91. The van der Waals surface area contributed by atoms with Gasteiger partial charge in [-0.15, -0.1) is 0 Å². The fourth-order valence-electron chi connectivity index (χ4n) is 7.58. The third-order valence-electron chi connectivity index (χ3n) is 10.4. The van der Waals surface area contributed by atoms with Crippen LogP contribution < -0.4 is 5.32 Å². The highest BCUT2D eigenvalue weighted by atomic mass is 28.4. The number of ketones is 1. The number of rotatable bonds is 3. The molecule has 2 saturated carbocycles. The van der Waals surface area contributed by atoms with E-state index in [-0.39, 0.29) is 34.0 Å². The van der Waals surface area contributed by atoms with Gasteiger partial charge in [-0.2, -0.15) is 0 Å². The molecule has 2 bridgehead atoms. The zero-order chi connectivity index (χ0) is 27.2. The Balaban J connectivity index is 1.41. The van der Waals surface area contributed by atoms with Gasteiger partial charge in [-0.05, 0) is 82.7 Å². The van der Waals surface area contributed by atoms with E-state index in [2.05, 4.69) is 58.3 Å². The number of fused-ring (bicyclic) bond motifs is 1. The second kappa shape index (κ2) is 8.28. The van der Waals surface area contributed by atoms with Crippen LogP contribution in [0.15, 0.2) is 23.3 Å². The van der Waals surface area contributed by atoms with Crippen molar-refractivity contribution in [3.63, 3.8) is 0 Å². The zero-order valence-electron chi connectivity index (χ0n) is 24.4. The summed E-state index contributed by atoms with van der Waals surface area (Å²) in [4.78, 5) is 25.9. The van der Waals surface area contributed by atoms with E-state index < -0.39 is 25.6 Å². The lowest BCUT2D eigenvalue weighted by Gasteiger charge is -2.54. The Morgan fingerprint density at radius 2 is 1.84 bits per heavy atom. The van der Waals surface area contributed by atoms with Gasteiger partial charge in [0.15, 0.2) is 14.1 Å². The average molecular weight is 530 g/mol. The number of hydrogen-bond donors (Lipinski definition) is 1. The minimum absolute atomic E-state index is 0.0166. The minimum Gasteiger partial charge on any atom is -0.444 e. The first-order valence-corrected chi connectivity index (χ1v) is 17.2. The van der Waals surface area contributed by atoms with E-state index in [0.717, 1.165) is 37.7 Å². The second-order valence-electron chi connectivity index (χ2n) is 15.1. The van der Waals surface area contributed by atoms with Crippen molar-refractivity contribution in [2.24, 2.45) is 11.3 Å². The Kier molecular flexibility index (Phi) is 6.07. The van der Waals surface area contributed by atoms with Crippen molar-refractivity contribution >= 4 is 20.2 Å². The molecule has 7 heteroatoms. The summed E-state index contributed by atoms with van der Waals surface area (Å²) >= 11 is 0. The Morgan fingerprint density at radius 1 is 1.14 bits per heavy atom. The van der Waals surface area contributed by atoms with Crippen LogP contribution in [0, 0.1) is 11.3 Å². The van der Waals surface area contributed by atoms with Gasteiger partial charge >= 0.3 is 6.09 Å². The van der Waals surface area contributed by atoms with Crippen molar-refractivity contribution in [1.82, 2.24) is 5.32 Å². The van der Waals surface area contributed by atoms with Gasteiger partial charge in [0.2, 0.25) is 0 Å². The maximum atomic E-state index is 13.4. The van der Waals surface area contributed by atoms with E-state index in [1.165, 1.54) is 5.57 Å². The summed E-state index contributed by atoms with van der Waals surface area (Å²) < 4.78 is 19.7. The molecule has 6 nitrogen and oxygen atoms in total. The van der Waals surface area contributed by atoms with Crippen molar-refractivity contribution < 1.29 is 23.5 Å². The molecule has 0 aromatic carbocycles. The maximum Gasteiger partial charge on any atom is 0.407 e. The topological polar surface area (TPSA) is 73.9 Å². The van der Waals surface area contributed by atoms with Crippen LogP contribution in [0.2, 0.25) is 18.1 Å². The Hall–Kier alpha value is -1.44. The minimum atomic E-state index is -1.91. The number of ether oxygens (including phenoxy) is 2. The largest absolute Gasteiger partial charge is 0.444 e. The third-order valence-corrected chi connectivity index (χ3v) is 14.9. The van der Waals surface area contributed by atoms with Crippen LogP contribution in [0.25, 0.3) is 0 Å². The van der Waals surface area contributed by atoms with Gasteiger partial charge in [0, 0.05) is 35.8 Å². The van der Waals surface area contributed by atoms with E-state index >= 15 is 0 Å². The average Bonchev–Trinajstić information content (AvgIpc) is 3.20. The molecule has 206 valence electrons. The SMILES string of the molecule is CC(C)(C)OC(=O)N[C@@H]1CC(=O)C2=CC3=CC[C@]4(C)[C@@H](O[Si](C)(C)C(C)(C)C)CC[C@H]4[C@@]34CC[C@]2(C1)O4. The molecule has 1 amide bonds. The van der Waals surface area contributed by atoms with E-state index in [0.29, 0.717) is 18.8 Å². The van der Waals surface area contributed by atoms with E-state index in [1.807, 2.05) is 20.8 Å². The second-order valence-corrected chi connectivity index (χ2v) is 19.8. The summed E-state index contributed by atoms with van der Waals surface area (Å²) in [6, 6.07) is -0.284. The van der Waals surface area contributed by atoms with Crippen LogP contribution in [0.3, 0.4) is 0 Å². The monoisotopic (exact) mass is 529 g/mol. The van der Waals surface area contributed by atoms with Crippen LogP contribution in [-0.2, 0) is 18.7 Å². The smallest absolute Gasteiger partial charge is 0.407 e. The van der Waals surface area contributed by atoms with Crippen molar-refractivity contribution in [2.45, 2.75) is 140 Å². The Labute approximate surface area is 224 Å². The number of carbonyl (C=O) groups is 2. The molecule has 2 spiro atoms. The predicted octanol–water partition coefficient (Wildman–Crippen LogP) is 6.61. The van der Waals surface area contributed by atoms with Crippen molar-refractivity contribution in [2.75, 3.05) is 0 Å². The lowest BCUT2D eigenvalue weighted by atomic mass is 9.60. The van der Waals surface area contributed by atoms with Gasteiger partial charge in [-0.3, -0.25) is 4.79 Å². The van der Waals surface area contributed by atoms with Crippen LogP contribution in [0.5, 0.6) is 0 Å². The van der Waals surface area contributed by atoms with Crippen LogP contribution in [0.4, 0.5) is 4.79 Å². The van der Waals surface area contributed by atoms with E-state index in [4.69, 9.17) is 13.9 Å². The van der Waals surface area contributed by atoms with Gasteiger partial charge in [-0.1, -0.05) is 33.8 Å². The fourth-order valence-corrected chi connectivity index (χ4v) is 9.04. The normalized spacial score (nSPS) is 39.3. The van der Waals surface area contributed by atoms with Crippen molar-refractivity contribution in [3.8, 4) is 0 Å². The molecule has 3 fully saturated rings. The molecular weight excluding hydrogens is 482 g/mol. The first kappa shape index (κ1) is 27.1. The van der Waals surface area contributed by atoms with E-state index in [1.54, 1.807) is 0 Å². The number of nitrogens with one attached hydrogen (secondary N) is 1. The molecule has 0 unspecified atom stereocenters. The molecule has 5 rings (SSSR count). The Bertz CT molecular complexity index is 1060. The number of amides is 1. The van der Waals surface area contributed by atoms with Gasteiger partial charge < -0.3 is 19.2 Å².